The van der Waals surface area contributed by atoms with Crippen LogP contribution in [0.15, 0.2) is 0 Å². The van der Waals surface area contributed by atoms with Crippen LogP contribution in [0.1, 0.15) is 383 Å². The van der Waals surface area contributed by atoms with Crippen molar-refractivity contribution in [2.75, 3.05) is 0 Å². The molecule has 0 bridgehead atoms. The Balaban J connectivity index is 3.34. The summed E-state index contributed by atoms with van der Waals surface area (Å²) in [5.41, 5.74) is 7.90. The summed E-state index contributed by atoms with van der Waals surface area (Å²) in [6.45, 7) is 11.7. The molecule has 0 saturated heterocycles. The fourth-order valence-electron chi connectivity index (χ4n) is 11.4. The minimum Gasteiger partial charge on any atom is -0.507 e. The molecule has 67 heavy (non-hydrogen) atoms. The number of unbranched alkanes of at least 4 members (excludes halogenated alkanes) is 45. The summed E-state index contributed by atoms with van der Waals surface area (Å²) >= 11 is 0. The van der Waals surface area contributed by atoms with Crippen molar-refractivity contribution in [3.05, 3.63) is 27.8 Å². The fraction of sp³-hybridized carbons (Fsp3) is 0.909. The van der Waals surface area contributed by atoms with Crippen molar-refractivity contribution < 1.29 is 5.11 Å². The third-order valence-corrected chi connectivity index (χ3v) is 15.9. The second kappa shape index (κ2) is 51.4. The van der Waals surface area contributed by atoms with E-state index in [-0.39, 0.29) is 0 Å². The Labute approximate surface area is 424 Å². The van der Waals surface area contributed by atoms with E-state index in [9.17, 15) is 5.11 Å². The highest BCUT2D eigenvalue weighted by molar-refractivity contribution is 5.56. The van der Waals surface area contributed by atoms with Gasteiger partial charge in [0.2, 0.25) is 0 Å². The topological polar surface area (TPSA) is 20.2 Å². The molecular formula is C66H126O. The molecule has 0 amide bonds. The summed E-state index contributed by atoms with van der Waals surface area (Å²) in [5.74, 6) is 0.780. The van der Waals surface area contributed by atoms with Crippen LogP contribution in [0.4, 0.5) is 0 Å². The fourth-order valence-corrected chi connectivity index (χ4v) is 11.4. The molecule has 0 aliphatic rings. The molecule has 0 radical (unpaired) electrons. The Morgan fingerprint density at radius 2 is 0.284 bits per heavy atom. The summed E-state index contributed by atoms with van der Waals surface area (Å²) in [5, 5.41) is 12.7. The first-order chi connectivity index (χ1) is 33.2. The Morgan fingerprint density at radius 3 is 0.448 bits per heavy atom. The Bertz CT molecular complexity index is 1060. The highest BCUT2D eigenvalue weighted by Crippen LogP contribution is 2.39. The number of phenolic OH excluding ortho intramolecular Hbond substituents is 1. The highest BCUT2D eigenvalue weighted by Gasteiger charge is 2.23. The first-order valence-electron chi connectivity index (χ1n) is 32.0. The maximum atomic E-state index is 12.7. The quantitative estimate of drug-likeness (QED) is 0.0646. The van der Waals surface area contributed by atoms with Crippen LogP contribution < -0.4 is 0 Å². The van der Waals surface area contributed by atoms with Crippen LogP contribution in [0.25, 0.3) is 0 Å². The SMILES string of the molecule is CCCCCCCCCCCCc1c(O)c(CCCCCCCCCCCC)c(CCCCCCCCCCCC)c(CCCCCCCCCCCC)c1CCCCCCCCCCCC. The minimum atomic E-state index is 0.780. The first kappa shape index (κ1) is 64.0. The molecule has 0 atom stereocenters. The lowest BCUT2D eigenvalue weighted by Crippen LogP contribution is -2.11. The molecule has 0 fully saturated rings. The summed E-state index contributed by atoms with van der Waals surface area (Å²) in [7, 11) is 0. The normalized spacial score (nSPS) is 11.7. The van der Waals surface area contributed by atoms with Crippen molar-refractivity contribution in [1.29, 1.82) is 0 Å². The summed E-state index contributed by atoms with van der Waals surface area (Å²) in [6, 6.07) is 0. The lowest BCUT2D eigenvalue weighted by atomic mass is 9.80. The minimum absolute atomic E-state index is 0.780. The molecule has 1 nitrogen and oxygen atoms in total. The molecule has 396 valence electrons. The highest BCUT2D eigenvalue weighted by atomic mass is 16.3. The Kier molecular flexibility index (Phi) is 49.1. The van der Waals surface area contributed by atoms with Crippen LogP contribution in [0.5, 0.6) is 5.75 Å². The first-order valence-corrected chi connectivity index (χ1v) is 32.0. The smallest absolute Gasteiger partial charge is 0.122 e. The van der Waals surface area contributed by atoms with Gasteiger partial charge in [-0.3, -0.25) is 0 Å². The van der Waals surface area contributed by atoms with Gasteiger partial charge in [0, 0.05) is 0 Å². The van der Waals surface area contributed by atoms with Crippen LogP contribution in [-0.2, 0) is 32.1 Å². The number of hydrogen-bond acceptors (Lipinski definition) is 1. The molecule has 0 heterocycles. The van der Waals surface area contributed by atoms with Gasteiger partial charge in [-0.1, -0.05) is 324 Å². The Morgan fingerprint density at radius 1 is 0.164 bits per heavy atom. The van der Waals surface area contributed by atoms with E-state index >= 15 is 0 Å². The monoisotopic (exact) mass is 935 g/mol. The third-order valence-electron chi connectivity index (χ3n) is 15.9. The zero-order chi connectivity index (χ0) is 48.4. The van der Waals surface area contributed by atoms with Crippen LogP contribution >= 0.6 is 0 Å². The zero-order valence-corrected chi connectivity index (χ0v) is 47.3. The standard InChI is InChI=1S/C66H126O/c1-6-11-16-21-26-31-36-41-46-51-56-61-62(57-52-47-42-37-32-27-22-17-12-7-2)64(59-54-49-44-39-34-29-24-19-14-9-4)66(67)65(60-55-50-45-40-35-30-25-20-15-10-5)63(61)58-53-48-43-38-33-28-23-18-13-8-3/h67H,6-60H2,1-5H3. The molecule has 1 N–H and O–H groups in total. The van der Waals surface area contributed by atoms with Gasteiger partial charge in [0.15, 0.2) is 0 Å². The van der Waals surface area contributed by atoms with Crippen LogP contribution in [0, 0.1) is 0 Å². The molecule has 0 saturated carbocycles. The molecule has 1 aromatic rings. The zero-order valence-electron chi connectivity index (χ0n) is 47.3. The maximum Gasteiger partial charge on any atom is 0.122 e. The van der Waals surface area contributed by atoms with E-state index in [2.05, 4.69) is 34.6 Å². The number of phenols is 1. The van der Waals surface area contributed by atoms with Crippen molar-refractivity contribution in [3.63, 3.8) is 0 Å². The lowest BCUT2D eigenvalue weighted by Gasteiger charge is -2.25. The molecule has 1 heteroatoms. The van der Waals surface area contributed by atoms with E-state index in [1.54, 1.807) is 16.7 Å². The van der Waals surface area contributed by atoms with Crippen molar-refractivity contribution in [3.8, 4) is 5.75 Å². The van der Waals surface area contributed by atoms with Gasteiger partial charge in [-0.25, -0.2) is 0 Å². The summed E-state index contributed by atoms with van der Waals surface area (Å²) in [6.07, 6.45) is 75.4. The van der Waals surface area contributed by atoms with E-state index < -0.39 is 0 Å². The second-order valence-corrected chi connectivity index (χ2v) is 22.4. The van der Waals surface area contributed by atoms with Gasteiger partial charge >= 0.3 is 0 Å². The van der Waals surface area contributed by atoms with Crippen molar-refractivity contribution in [2.24, 2.45) is 0 Å². The average molecular weight is 936 g/mol. The number of rotatable bonds is 55. The largest absolute Gasteiger partial charge is 0.507 e. The van der Waals surface area contributed by atoms with E-state index in [0.29, 0.717) is 0 Å². The summed E-state index contributed by atoms with van der Waals surface area (Å²) in [4.78, 5) is 0. The van der Waals surface area contributed by atoms with E-state index in [1.807, 2.05) is 0 Å². The second-order valence-electron chi connectivity index (χ2n) is 22.4. The number of hydrogen-bond donors (Lipinski definition) is 1. The molecule has 0 aliphatic carbocycles. The van der Waals surface area contributed by atoms with Gasteiger partial charge in [-0.15, -0.1) is 0 Å². The van der Waals surface area contributed by atoms with Gasteiger partial charge in [0.05, 0.1) is 0 Å². The average Bonchev–Trinajstić information content (AvgIpc) is 3.33. The molecular weight excluding hydrogens is 809 g/mol. The van der Waals surface area contributed by atoms with Gasteiger partial charge in [-0.2, -0.15) is 0 Å². The molecule has 0 unspecified atom stereocenters. The van der Waals surface area contributed by atoms with Gasteiger partial charge in [-0.05, 0) is 92.0 Å². The third kappa shape index (κ3) is 37.5. The number of benzene rings is 1. The van der Waals surface area contributed by atoms with Crippen LogP contribution in [0.3, 0.4) is 0 Å². The molecule has 0 aliphatic heterocycles. The molecule has 1 aromatic carbocycles. The lowest BCUT2D eigenvalue weighted by molar-refractivity contribution is 0.451. The Hall–Kier alpha value is -0.980. The van der Waals surface area contributed by atoms with Crippen molar-refractivity contribution in [1.82, 2.24) is 0 Å². The van der Waals surface area contributed by atoms with E-state index in [1.165, 1.54) is 351 Å². The predicted molar refractivity (Wildman–Crippen MR) is 306 cm³/mol. The van der Waals surface area contributed by atoms with Gasteiger partial charge < -0.3 is 5.11 Å². The number of aromatic hydroxyl groups is 1. The van der Waals surface area contributed by atoms with E-state index in [0.717, 1.165) is 18.6 Å². The van der Waals surface area contributed by atoms with Crippen molar-refractivity contribution >= 4 is 0 Å². The molecule has 0 aromatic heterocycles. The molecule has 0 spiro atoms. The van der Waals surface area contributed by atoms with Crippen LogP contribution in [0.2, 0.25) is 0 Å². The van der Waals surface area contributed by atoms with Gasteiger partial charge in [0.1, 0.15) is 5.75 Å². The van der Waals surface area contributed by atoms with Crippen LogP contribution in [-0.4, -0.2) is 5.11 Å². The van der Waals surface area contributed by atoms with Gasteiger partial charge in [0.25, 0.3) is 0 Å². The maximum absolute atomic E-state index is 12.7. The molecule has 1 rings (SSSR count). The summed E-state index contributed by atoms with van der Waals surface area (Å²) < 4.78 is 0. The predicted octanol–water partition coefficient (Wildman–Crippen LogP) is 23.7. The van der Waals surface area contributed by atoms with E-state index in [4.69, 9.17) is 0 Å². The van der Waals surface area contributed by atoms with Crippen molar-refractivity contribution in [2.45, 2.75) is 388 Å².